The van der Waals surface area contributed by atoms with Gasteiger partial charge in [0.1, 0.15) is 24.4 Å². The molecule has 0 atom stereocenters. The molecule has 0 amide bonds. The fraction of sp³-hybridized carbons (Fsp3) is 0.583. The number of esters is 1. The summed E-state index contributed by atoms with van der Waals surface area (Å²) in [5.74, 6) is -0.841. The molecule has 0 saturated heterocycles. The molecule has 0 aromatic carbocycles. The van der Waals surface area contributed by atoms with Crippen LogP contribution in [0.1, 0.15) is 32.5 Å². The van der Waals surface area contributed by atoms with Crippen molar-refractivity contribution in [1.29, 1.82) is 5.26 Å². The van der Waals surface area contributed by atoms with E-state index < -0.39 is 11.4 Å². The van der Waals surface area contributed by atoms with Crippen LogP contribution in [-0.2, 0) is 20.9 Å². The molecule has 0 spiro atoms. The minimum absolute atomic E-state index is 0.00975. The summed E-state index contributed by atoms with van der Waals surface area (Å²) in [6, 6.07) is 1.78. The van der Waals surface area contributed by atoms with E-state index in [1.54, 1.807) is 19.9 Å². The van der Waals surface area contributed by atoms with E-state index in [1.807, 2.05) is 0 Å². The zero-order valence-corrected chi connectivity index (χ0v) is 11.2. The molecule has 7 heteroatoms. The molecule has 1 heterocycles. The normalized spacial score (nSPS) is 10.8. The average molecular weight is 264 g/mol. The van der Waals surface area contributed by atoms with Gasteiger partial charge in [-0.15, -0.1) is 5.10 Å². The van der Waals surface area contributed by atoms with Gasteiger partial charge in [-0.2, -0.15) is 5.26 Å². The van der Waals surface area contributed by atoms with E-state index >= 15 is 0 Å². The summed E-state index contributed by atoms with van der Waals surface area (Å²) >= 11 is 0. The number of methoxy groups -OCH3 is 1. The maximum Gasteiger partial charge on any atom is 0.319 e. The van der Waals surface area contributed by atoms with Crippen molar-refractivity contribution in [3.63, 3.8) is 0 Å². The highest BCUT2D eigenvalue weighted by atomic mass is 16.5. The monoisotopic (exact) mass is 264 g/mol. The first-order valence-electron chi connectivity index (χ1n) is 5.95. The van der Waals surface area contributed by atoms with Gasteiger partial charge in [-0.05, 0) is 12.8 Å². The molecule has 102 valence electrons. The molecular weight excluding hydrogens is 248 g/mol. The molecule has 1 aromatic heterocycles. The Morgan fingerprint density at radius 1 is 1.47 bits per heavy atom. The minimum Gasteiger partial charge on any atom is -0.468 e. The number of hydrogen-bond acceptors (Lipinski definition) is 6. The largest absolute Gasteiger partial charge is 0.468 e. The van der Waals surface area contributed by atoms with Crippen LogP contribution in [0, 0.1) is 16.7 Å². The van der Waals surface area contributed by atoms with E-state index in [4.69, 9.17) is 10.00 Å². The Kier molecular flexibility index (Phi) is 4.75. The minimum atomic E-state index is -1.16. The number of nitrogens with zero attached hydrogens (tertiary/aromatic N) is 4. The Balaban J connectivity index is 2.95. The van der Waals surface area contributed by atoms with Crippen LogP contribution in [0.25, 0.3) is 0 Å². The number of hydrogen-bond donors (Lipinski definition) is 0. The first kappa shape index (κ1) is 14.8. The quantitative estimate of drug-likeness (QED) is 0.554. The lowest BCUT2D eigenvalue weighted by molar-refractivity contribution is -0.159. The highest BCUT2D eigenvalue weighted by molar-refractivity contribution is 6.03. The second-order valence-corrected chi connectivity index (χ2v) is 4.08. The Bertz CT molecular complexity index is 511. The Labute approximate surface area is 111 Å². The number of Topliss-reactive ketones (excluding diaryl/α,β-unsaturated/α-hetero) is 1. The summed E-state index contributed by atoms with van der Waals surface area (Å²) in [6.07, 6.45) is 2.01. The highest BCUT2D eigenvalue weighted by Crippen LogP contribution is 2.29. The number of carbonyl (C=O) groups is 2. The van der Waals surface area contributed by atoms with Crippen molar-refractivity contribution >= 4 is 11.8 Å². The molecule has 19 heavy (non-hydrogen) atoms. The van der Waals surface area contributed by atoms with E-state index in [-0.39, 0.29) is 18.2 Å². The van der Waals surface area contributed by atoms with E-state index in [1.165, 1.54) is 18.1 Å². The van der Waals surface area contributed by atoms with Crippen molar-refractivity contribution in [3.8, 4) is 6.07 Å². The molecule has 0 aliphatic heterocycles. The van der Waals surface area contributed by atoms with E-state index in [2.05, 4.69) is 10.1 Å². The van der Waals surface area contributed by atoms with Gasteiger partial charge >= 0.3 is 5.97 Å². The predicted molar refractivity (Wildman–Crippen MR) is 64.8 cm³/mol. The maximum atomic E-state index is 12.3. The first-order chi connectivity index (χ1) is 9.03. The fourth-order valence-corrected chi connectivity index (χ4v) is 1.96. The van der Waals surface area contributed by atoms with Crippen LogP contribution in [0.5, 0.6) is 0 Å². The lowest BCUT2D eigenvalue weighted by atomic mass is 9.78. The molecule has 0 radical (unpaired) electrons. The Hall–Kier alpha value is -2.23. The second-order valence-electron chi connectivity index (χ2n) is 4.08. The molecule has 0 bridgehead atoms. The van der Waals surface area contributed by atoms with Crippen molar-refractivity contribution in [2.45, 2.75) is 33.2 Å². The topological polar surface area (TPSA) is 97.9 Å². The second kappa shape index (κ2) is 6.09. The van der Waals surface area contributed by atoms with Crippen molar-refractivity contribution in [1.82, 2.24) is 14.8 Å². The Morgan fingerprint density at radius 3 is 2.53 bits per heavy atom. The molecular formula is C12H16N4O3. The zero-order valence-electron chi connectivity index (χ0n) is 11.2. The van der Waals surface area contributed by atoms with Crippen LogP contribution in [0.15, 0.2) is 6.33 Å². The predicted octanol–water partition coefficient (Wildman–Crippen LogP) is 0.698. The third-order valence-corrected chi connectivity index (χ3v) is 3.26. The van der Waals surface area contributed by atoms with Gasteiger partial charge in [-0.1, -0.05) is 13.8 Å². The third-order valence-electron chi connectivity index (χ3n) is 3.26. The number of aromatic nitrogens is 3. The first-order valence-corrected chi connectivity index (χ1v) is 5.95. The molecule has 1 aromatic rings. The van der Waals surface area contributed by atoms with Gasteiger partial charge in [0.2, 0.25) is 0 Å². The van der Waals surface area contributed by atoms with Crippen LogP contribution < -0.4 is 0 Å². The molecule has 0 saturated carbocycles. The highest BCUT2D eigenvalue weighted by Gasteiger charge is 2.43. The van der Waals surface area contributed by atoms with Gasteiger partial charge in [0.25, 0.3) is 5.82 Å². The summed E-state index contributed by atoms with van der Waals surface area (Å²) in [6.45, 7) is 3.42. The fourth-order valence-electron chi connectivity index (χ4n) is 1.96. The average Bonchev–Trinajstić information content (AvgIpc) is 2.88. The van der Waals surface area contributed by atoms with Crippen LogP contribution in [-0.4, -0.2) is 33.6 Å². The van der Waals surface area contributed by atoms with Crippen LogP contribution in [0.4, 0.5) is 0 Å². The van der Waals surface area contributed by atoms with Crippen molar-refractivity contribution < 1.29 is 14.3 Å². The van der Waals surface area contributed by atoms with E-state index in [0.29, 0.717) is 12.8 Å². The zero-order chi connectivity index (χ0) is 14.5. The number of ketones is 1. The molecule has 0 aliphatic rings. The van der Waals surface area contributed by atoms with E-state index in [9.17, 15) is 9.59 Å². The van der Waals surface area contributed by atoms with Crippen molar-refractivity contribution in [2.75, 3.05) is 7.11 Å². The smallest absolute Gasteiger partial charge is 0.319 e. The van der Waals surface area contributed by atoms with Gasteiger partial charge in [-0.3, -0.25) is 9.59 Å². The summed E-state index contributed by atoms with van der Waals surface area (Å²) in [4.78, 5) is 27.9. The molecule has 0 fully saturated rings. The van der Waals surface area contributed by atoms with Gasteiger partial charge in [0.15, 0.2) is 5.78 Å². The molecule has 0 N–H and O–H groups in total. The summed E-state index contributed by atoms with van der Waals surface area (Å²) in [7, 11) is 1.26. The van der Waals surface area contributed by atoms with Gasteiger partial charge in [-0.25, -0.2) is 9.67 Å². The number of rotatable bonds is 6. The summed E-state index contributed by atoms with van der Waals surface area (Å²) < 4.78 is 5.98. The van der Waals surface area contributed by atoms with Gasteiger partial charge in [0.05, 0.1) is 7.11 Å². The molecule has 7 nitrogen and oxygen atoms in total. The maximum absolute atomic E-state index is 12.3. The van der Waals surface area contributed by atoms with Crippen LogP contribution >= 0.6 is 0 Å². The van der Waals surface area contributed by atoms with Gasteiger partial charge in [0, 0.05) is 0 Å². The number of ether oxygens (including phenoxy) is 1. The Morgan fingerprint density at radius 2 is 2.11 bits per heavy atom. The lowest BCUT2D eigenvalue weighted by Gasteiger charge is -2.26. The van der Waals surface area contributed by atoms with E-state index in [0.717, 1.165) is 0 Å². The number of carbonyl (C=O) groups excluding carboxylic acids is 2. The van der Waals surface area contributed by atoms with Crippen molar-refractivity contribution in [3.05, 3.63) is 12.2 Å². The van der Waals surface area contributed by atoms with Gasteiger partial charge < -0.3 is 4.74 Å². The molecule has 0 aliphatic carbocycles. The summed E-state index contributed by atoms with van der Waals surface area (Å²) in [5, 5.41) is 12.4. The number of nitriles is 1. The van der Waals surface area contributed by atoms with Crippen molar-refractivity contribution in [2.24, 2.45) is 5.41 Å². The molecule has 0 unspecified atom stereocenters. The standard InChI is InChI=1S/C12H16N4O3/c1-4-12(5-2,11(18)19-3)9(17)7-16-8-14-10(6-13)15-16/h8H,4-5,7H2,1-3H3. The van der Waals surface area contributed by atoms with Crippen LogP contribution in [0.3, 0.4) is 0 Å². The molecule has 1 rings (SSSR count). The van der Waals surface area contributed by atoms with Crippen LogP contribution in [0.2, 0.25) is 0 Å². The SMILES string of the molecule is CCC(CC)(C(=O)Cn1cnc(C#N)n1)C(=O)OC. The summed E-state index contributed by atoms with van der Waals surface area (Å²) in [5.41, 5.74) is -1.16. The lowest BCUT2D eigenvalue weighted by Crippen LogP contribution is -2.41. The third kappa shape index (κ3) is 2.78.